The van der Waals surface area contributed by atoms with Gasteiger partial charge in [-0.05, 0) is 0 Å². The Bertz CT molecular complexity index is 170. The molecule has 0 aliphatic heterocycles. The molecular formula is C8H21ClIN3O2. The Kier molecular flexibility index (Phi) is 15.0. The van der Waals surface area contributed by atoms with Crippen LogP contribution in [0.3, 0.4) is 0 Å². The van der Waals surface area contributed by atoms with Gasteiger partial charge in [-0.15, -0.1) is 12.4 Å². The number of hydrogen-bond donors (Lipinski definition) is 2. The largest absolute Gasteiger partial charge is 1.00 e. The minimum Gasteiger partial charge on any atom is -1.00 e. The Morgan fingerprint density at radius 2 is 1.87 bits per heavy atom. The number of rotatable bonds is 7. The van der Waals surface area contributed by atoms with Crippen molar-refractivity contribution in [3.8, 4) is 0 Å². The average Bonchev–Trinajstić information content (AvgIpc) is 1.95. The van der Waals surface area contributed by atoms with Crippen LogP contribution in [0.5, 0.6) is 0 Å². The number of likely N-dealkylation sites (N-methyl/N-ethyl adjacent to an activating group) is 1. The lowest BCUT2D eigenvalue weighted by molar-refractivity contribution is -0.882. The van der Waals surface area contributed by atoms with E-state index in [9.17, 15) is 4.79 Å². The second-order valence-corrected chi connectivity index (χ2v) is 3.68. The summed E-state index contributed by atoms with van der Waals surface area (Å²) in [5.41, 5.74) is 10.3. The molecule has 7 heteroatoms. The van der Waals surface area contributed by atoms with Crippen molar-refractivity contribution in [3.63, 3.8) is 0 Å². The molecule has 0 radical (unpaired) electrons. The van der Waals surface area contributed by atoms with Gasteiger partial charge in [-0.3, -0.25) is 4.79 Å². The highest BCUT2D eigenvalue weighted by Gasteiger charge is 2.17. The molecule has 0 aliphatic rings. The van der Waals surface area contributed by atoms with Crippen molar-refractivity contribution in [3.05, 3.63) is 0 Å². The maximum Gasteiger partial charge on any atom is 0.272 e. The fraction of sp³-hybridized carbons (Fsp3) is 0.875. The van der Waals surface area contributed by atoms with Crippen LogP contribution in [0.1, 0.15) is 0 Å². The Morgan fingerprint density at radius 3 is 2.27 bits per heavy atom. The summed E-state index contributed by atoms with van der Waals surface area (Å²) in [5.74, 6) is -0.288. The molecule has 0 rings (SSSR count). The smallest absolute Gasteiger partial charge is 0.272 e. The van der Waals surface area contributed by atoms with Crippen LogP contribution in [-0.4, -0.2) is 57.3 Å². The van der Waals surface area contributed by atoms with E-state index < -0.39 is 0 Å². The minimum absolute atomic E-state index is 0. The number of quaternary nitrogens is 1. The van der Waals surface area contributed by atoms with Crippen LogP contribution >= 0.6 is 12.4 Å². The highest BCUT2D eigenvalue weighted by atomic mass is 127. The third-order valence-electron chi connectivity index (χ3n) is 1.69. The van der Waals surface area contributed by atoms with Crippen LogP contribution in [0.15, 0.2) is 0 Å². The lowest BCUT2D eigenvalue weighted by Gasteiger charge is -2.27. The molecule has 0 bridgehead atoms. The number of nitrogens with zero attached hydrogens (tertiary/aromatic N) is 1. The molecule has 0 unspecified atom stereocenters. The number of amides is 1. The fourth-order valence-corrected chi connectivity index (χ4v) is 0.998. The fourth-order valence-electron chi connectivity index (χ4n) is 0.998. The van der Waals surface area contributed by atoms with Crippen LogP contribution in [0.4, 0.5) is 0 Å². The zero-order chi connectivity index (χ0) is 10.3. The molecule has 1 amide bonds. The van der Waals surface area contributed by atoms with Gasteiger partial charge < -0.3 is 44.7 Å². The van der Waals surface area contributed by atoms with E-state index in [2.05, 4.69) is 0 Å². The lowest BCUT2D eigenvalue weighted by atomic mass is 10.4. The molecule has 0 saturated heterocycles. The van der Waals surface area contributed by atoms with Crippen molar-refractivity contribution in [2.45, 2.75) is 0 Å². The van der Waals surface area contributed by atoms with Crippen molar-refractivity contribution < 1.29 is 38.0 Å². The zero-order valence-corrected chi connectivity index (χ0v) is 12.2. The van der Waals surface area contributed by atoms with Crippen molar-refractivity contribution in [2.75, 3.05) is 46.9 Å². The van der Waals surface area contributed by atoms with Gasteiger partial charge in [-0.25, -0.2) is 0 Å². The summed E-state index contributed by atoms with van der Waals surface area (Å²) in [7, 11) is 3.88. The molecule has 0 aliphatic carbocycles. The van der Waals surface area contributed by atoms with Gasteiger partial charge in [-0.2, -0.15) is 0 Å². The predicted molar refractivity (Wildman–Crippen MR) is 58.2 cm³/mol. The quantitative estimate of drug-likeness (QED) is 0.278. The first-order valence-electron chi connectivity index (χ1n) is 4.36. The van der Waals surface area contributed by atoms with Gasteiger partial charge >= 0.3 is 0 Å². The maximum absolute atomic E-state index is 10.6. The summed E-state index contributed by atoms with van der Waals surface area (Å²) >= 11 is 0. The number of primary amides is 1. The molecule has 0 atom stereocenters. The molecule has 15 heavy (non-hydrogen) atoms. The second kappa shape index (κ2) is 10.9. The van der Waals surface area contributed by atoms with E-state index in [1.54, 1.807) is 0 Å². The van der Waals surface area contributed by atoms with Gasteiger partial charge in [0.15, 0.2) is 6.54 Å². The Labute approximate surface area is 115 Å². The molecule has 94 valence electrons. The van der Waals surface area contributed by atoms with Crippen LogP contribution in [0.25, 0.3) is 0 Å². The van der Waals surface area contributed by atoms with E-state index in [0.29, 0.717) is 30.8 Å². The van der Waals surface area contributed by atoms with Crippen molar-refractivity contribution in [1.29, 1.82) is 0 Å². The van der Waals surface area contributed by atoms with E-state index >= 15 is 0 Å². The number of hydrogen-bond acceptors (Lipinski definition) is 3. The minimum atomic E-state index is -0.288. The standard InChI is InChI=1S/C8H19N3O2.ClH.HI/c1-11(2,7-8(10)12)4-6-13-5-3-9;;/h3-7,9H2,1-2H3,(H-,10,12);2*1H. The third-order valence-corrected chi connectivity index (χ3v) is 1.69. The molecule has 5 nitrogen and oxygen atoms in total. The number of carbonyl (C=O) groups excluding carboxylic acids is 1. The van der Waals surface area contributed by atoms with Crippen molar-refractivity contribution >= 4 is 18.3 Å². The molecule has 0 aromatic rings. The third kappa shape index (κ3) is 14.4. The summed E-state index contributed by atoms with van der Waals surface area (Å²) in [5, 5.41) is 0. The molecule has 0 aromatic carbocycles. The number of ether oxygens (including phenoxy) is 1. The Hall–Kier alpha value is 0.370. The first kappa shape index (κ1) is 20.7. The zero-order valence-electron chi connectivity index (χ0n) is 9.24. The summed E-state index contributed by atoms with van der Waals surface area (Å²) in [4.78, 5) is 10.6. The molecule has 4 N–H and O–H groups in total. The summed E-state index contributed by atoms with van der Waals surface area (Å²) in [6.45, 7) is 2.81. The maximum atomic E-state index is 10.6. The Balaban J connectivity index is -0.000000720. The highest BCUT2D eigenvalue weighted by molar-refractivity contribution is 5.85. The van der Waals surface area contributed by atoms with Crippen LogP contribution < -0.4 is 35.4 Å². The van der Waals surface area contributed by atoms with Crippen LogP contribution in [-0.2, 0) is 9.53 Å². The van der Waals surface area contributed by atoms with Crippen LogP contribution in [0, 0.1) is 0 Å². The van der Waals surface area contributed by atoms with Crippen molar-refractivity contribution in [2.24, 2.45) is 11.5 Å². The number of carbonyl (C=O) groups is 1. The van der Waals surface area contributed by atoms with E-state index in [-0.39, 0.29) is 42.3 Å². The lowest BCUT2D eigenvalue weighted by Crippen LogP contribution is -3.00. The molecule has 0 saturated carbocycles. The second-order valence-electron chi connectivity index (χ2n) is 3.68. The average molecular weight is 354 g/mol. The molecular weight excluding hydrogens is 332 g/mol. The summed E-state index contributed by atoms with van der Waals surface area (Å²) < 4.78 is 5.76. The monoisotopic (exact) mass is 353 g/mol. The van der Waals surface area contributed by atoms with E-state index in [0.717, 1.165) is 6.54 Å². The molecule has 0 heterocycles. The first-order valence-corrected chi connectivity index (χ1v) is 4.36. The summed E-state index contributed by atoms with van der Waals surface area (Å²) in [6.07, 6.45) is 0. The molecule has 0 aromatic heterocycles. The number of nitrogens with two attached hydrogens (primary N) is 2. The van der Waals surface area contributed by atoms with Gasteiger partial charge in [0.2, 0.25) is 0 Å². The van der Waals surface area contributed by atoms with E-state index in [4.69, 9.17) is 16.2 Å². The number of halogens is 2. The normalized spacial score (nSPS) is 10.1. The Morgan fingerprint density at radius 1 is 1.33 bits per heavy atom. The van der Waals surface area contributed by atoms with Gasteiger partial charge in [0.1, 0.15) is 6.54 Å². The van der Waals surface area contributed by atoms with Gasteiger partial charge in [0, 0.05) is 6.54 Å². The van der Waals surface area contributed by atoms with E-state index in [1.807, 2.05) is 14.1 Å². The highest BCUT2D eigenvalue weighted by Crippen LogP contribution is 1.95. The van der Waals surface area contributed by atoms with Gasteiger partial charge in [0.25, 0.3) is 5.91 Å². The SMILES string of the molecule is C[N+](C)(CCOCCN)CC(N)=O.Cl.[I-]. The van der Waals surface area contributed by atoms with Gasteiger partial charge in [0.05, 0.1) is 27.3 Å². The van der Waals surface area contributed by atoms with Crippen LogP contribution in [0.2, 0.25) is 0 Å². The summed E-state index contributed by atoms with van der Waals surface area (Å²) in [6, 6.07) is 0. The first-order chi connectivity index (χ1) is 5.98. The molecule has 0 fully saturated rings. The predicted octanol–water partition coefficient (Wildman–Crippen LogP) is -4.05. The molecule has 0 spiro atoms. The topological polar surface area (TPSA) is 78.3 Å². The van der Waals surface area contributed by atoms with Gasteiger partial charge in [-0.1, -0.05) is 0 Å². The van der Waals surface area contributed by atoms with Crippen molar-refractivity contribution in [1.82, 2.24) is 0 Å². The van der Waals surface area contributed by atoms with E-state index in [1.165, 1.54) is 0 Å².